The van der Waals surface area contributed by atoms with Crippen LogP contribution in [0.25, 0.3) is 0 Å². The maximum absolute atomic E-state index is 13.8. The molecule has 3 rings (SSSR count). The minimum Gasteiger partial charge on any atom is -0.390 e. The van der Waals surface area contributed by atoms with Crippen LogP contribution in [0.1, 0.15) is 46.8 Å². The SMILES string of the molecule is CCc1cccc(CNCC(O)C(Cc2cc(F)cc(F)c2)NC(=O)CCC(=O)c2ccc(NS(C)(=O)=O)cc2)c1. The van der Waals surface area contributed by atoms with E-state index in [1.165, 1.54) is 29.8 Å². The monoisotopic (exact) mass is 587 g/mol. The summed E-state index contributed by atoms with van der Waals surface area (Å²) >= 11 is 0. The summed E-state index contributed by atoms with van der Waals surface area (Å²) in [4.78, 5) is 25.4. The van der Waals surface area contributed by atoms with E-state index in [4.69, 9.17) is 0 Å². The summed E-state index contributed by atoms with van der Waals surface area (Å²) in [6, 6.07) is 16.0. The predicted octanol–water partition coefficient (Wildman–Crippen LogP) is 3.74. The lowest BCUT2D eigenvalue weighted by molar-refractivity contribution is -0.122. The van der Waals surface area contributed by atoms with Crippen LogP contribution in [0.4, 0.5) is 14.5 Å². The molecule has 2 atom stereocenters. The molecule has 0 radical (unpaired) electrons. The van der Waals surface area contributed by atoms with Crippen molar-refractivity contribution in [1.82, 2.24) is 10.6 Å². The van der Waals surface area contributed by atoms with Crippen molar-refractivity contribution in [2.24, 2.45) is 0 Å². The van der Waals surface area contributed by atoms with Gasteiger partial charge in [0.2, 0.25) is 15.9 Å². The van der Waals surface area contributed by atoms with Gasteiger partial charge in [-0.3, -0.25) is 14.3 Å². The van der Waals surface area contributed by atoms with Crippen molar-refractivity contribution in [3.8, 4) is 0 Å². The van der Waals surface area contributed by atoms with E-state index in [0.717, 1.165) is 36.4 Å². The first-order chi connectivity index (χ1) is 19.4. The molecule has 0 aliphatic carbocycles. The van der Waals surface area contributed by atoms with Crippen LogP contribution in [0.3, 0.4) is 0 Å². The number of aliphatic hydroxyl groups excluding tert-OH is 1. The summed E-state index contributed by atoms with van der Waals surface area (Å²) in [5.74, 6) is -2.37. The largest absolute Gasteiger partial charge is 0.390 e. The van der Waals surface area contributed by atoms with E-state index in [1.54, 1.807) is 0 Å². The Bertz CT molecular complexity index is 1430. The van der Waals surface area contributed by atoms with Gasteiger partial charge in [-0.25, -0.2) is 17.2 Å². The van der Waals surface area contributed by atoms with Gasteiger partial charge in [-0.1, -0.05) is 31.2 Å². The zero-order valence-corrected chi connectivity index (χ0v) is 23.8. The molecule has 2 unspecified atom stereocenters. The fraction of sp³-hybridized carbons (Fsp3) is 0.333. The molecule has 41 heavy (non-hydrogen) atoms. The molecule has 3 aromatic rings. The number of carbonyl (C=O) groups is 2. The zero-order valence-electron chi connectivity index (χ0n) is 23.0. The average Bonchev–Trinajstić information content (AvgIpc) is 2.90. The molecule has 11 heteroatoms. The number of sulfonamides is 1. The second kappa shape index (κ2) is 14.8. The second-order valence-electron chi connectivity index (χ2n) is 9.90. The number of hydrogen-bond donors (Lipinski definition) is 4. The molecule has 0 saturated heterocycles. The number of carbonyl (C=O) groups excluding carboxylic acids is 2. The van der Waals surface area contributed by atoms with Crippen LogP contribution in [0, 0.1) is 11.6 Å². The topological polar surface area (TPSA) is 125 Å². The minimum absolute atomic E-state index is 0.0304. The number of rotatable bonds is 15. The fourth-order valence-corrected chi connectivity index (χ4v) is 4.89. The Hall–Kier alpha value is -3.67. The Morgan fingerprint density at radius 3 is 2.20 bits per heavy atom. The van der Waals surface area contributed by atoms with Crippen LogP contribution in [0.2, 0.25) is 0 Å². The van der Waals surface area contributed by atoms with E-state index < -0.39 is 39.7 Å². The molecule has 0 aliphatic rings. The van der Waals surface area contributed by atoms with Crippen molar-refractivity contribution in [3.05, 3.63) is 101 Å². The molecule has 0 aliphatic heterocycles. The lowest BCUT2D eigenvalue weighted by Crippen LogP contribution is -2.48. The molecule has 4 N–H and O–H groups in total. The first-order valence-corrected chi connectivity index (χ1v) is 15.1. The van der Waals surface area contributed by atoms with E-state index in [1.807, 2.05) is 18.2 Å². The van der Waals surface area contributed by atoms with Crippen molar-refractivity contribution >= 4 is 27.4 Å². The highest BCUT2D eigenvalue weighted by molar-refractivity contribution is 7.92. The van der Waals surface area contributed by atoms with Crippen LogP contribution in [-0.2, 0) is 34.2 Å². The minimum atomic E-state index is -3.46. The van der Waals surface area contributed by atoms with Crippen LogP contribution < -0.4 is 15.4 Å². The summed E-state index contributed by atoms with van der Waals surface area (Å²) < 4.78 is 52.6. The van der Waals surface area contributed by atoms with Crippen molar-refractivity contribution < 1.29 is 31.9 Å². The molecule has 0 saturated carbocycles. The number of hydrogen-bond acceptors (Lipinski definition) is 6. The standard InChI is InChI=1S/C30H35F2N3O5S/c1-3-20-5-4-6-21(13-20)18-33-19-29(37)27(16-22-14-24(31)17-25(32)15-22)34-30(38)12-11-28(36)23-7-9-26(10-8-23)35-41(2,39)40/h4-10,13-15,17,27,29,33,35,37H,3,11-12,16,18-19H2,1-2H3,(H,34,38). The van der Waals surface area contributed by atoms with Gasteiger partial charge in [0.15, 0.2) is 5.78 Å². The van der Waals surface area contributed by atoms with Crippen molar-refractivity contribution in [3.63, 3.8) is 0 Å². The first kappa shape index (κ1) is 31.9. The number of benzene rings is 3. The number of ketones is 1. The highest BCUT2D eigenvalue weighted by atomic mass is 32.2. The van der Waals surface area contributed by atoms with Crippen LogP contribution in [0.15, 0.2) is 66.7 Å². The fourth-order valence-electron chi connectivity index (χ4n) is 4.32. The van der Waals surface area contributed by atoms with E-state index in [0.29, 0.717) is 17.8 Å². The molecule has 0 heterocycles. The zero-order chi connectivity index (χ0) is 30.0. The van der Waals surface area contributed by atoms with Crippen molar-refractivity contribution in [2.45, 2.75) is 51.3 Å². The number of nitrogens with one attached hydrogen (secondary N) is 3. The third-order valence-corrected chi connectivity index (χ3v) is 6.97. The number of halogens is 2. The third-order valence-electron chi connectivity index (χ3n) is 6.36. The van der Waals surface area contributed by atoms with Gasteiger partial charge in [0.05, 0.1) is 18.4 Å². The maximum Gasteiger partial charge on any atom is 0.229 e. The summed E-state index contributed by atoms with van der Waals surface area (Å²) in [7, 11) is -3.46. The predicted molar refractivity (Wildman–Crippen MR) is 154 cm³/mol. The van der Waals surface area contributed by atoms with Gasteiger partial charge in [0.1, 0.15) is 11.6 Å². The second-order valence-corrected chi connectivity index (χ2v) is 11.7. The van der Waals surface area contributed by atoms with Gasteiger partial charge in [-0.2, -0.15) is 0 Å². The Balaban J connectivity index is 1.61. The number of anilines is 1. The Morgan fingerprint density at radius 1 is 0.902 bits per heavy atom. The lowest BCUT2D eigenvalue weighted by atomic mass is 9.99. The van der Waals surface area contributed by atoms with Gasteiger partial charge in [-0.15, -0.1) is 0 Å². The van der Waals surface area contributed by atoms with Gasteiger partial charge < -0.3 is 15.7 Å². The Labute approximate surface area is 239 Å². The molecule has 0 fully saturated rings. The smallest absolute Gasteiger partial charge is 0.229 e. The number of aliphatic hydroxyl groups is 1. The Morgan fingerprint density at radius 2 is 1.56 bits per heavy atom. The summed E-state index contributed by atoms with van der Waals surface area (Å²) in [5.41, 5.74) is 3.09. The molecule has 8 nitrogen and oxygen atoms in total. The van der Waals surface area contributed by atoms with Gasteiger partial charge in [0, 0.05) is 43.2 Å². The van der Waals surface area contributed by atoms with Crippen LogP contribution in [-0.4, -0.2) is 50.2 Å². The normalized spacial score (nSPS) is 12.9. The summed E-state index contributed by atoms with van der Waals surface area (Å²) in [6.45, 7) is 2.64. The quantitative estimate of drug-likeness (QED) is 0.201. The molecular formula is C30H35F2N3O5S. The van der Waals surface area contributed by atoms with Crippen LogP contribution in [0.5, 0.6) is 0 Å². The first-order valence-electron chi connectivity index (χ1n) is 13.2. The Kier molecular flexibility index (Phi) is 11.5. The third kappa shape index (κ3) is 11.0. The van der Waals surface area contributed by atoms with E-state index in [-0.39, 0.29) is 37.2 Å². The van der Waals surface area contributed by atoms with Crippen molar-refractivity contribution in [1.29, 1.82) is 0 Å². The van der Waals surface area contributed by atoms with Crippen molar-refractivity contribution in [2.75, 3.05) is 17.5 Å². The maximum atomic E-state index is 13.8. The summed E-state index contributed by atoms with van der Waals surface area (Å²) in [6.07, 6.45) is 0.473. The van der Waals surface area contributed by atoms with Crippen LogP contribution >= 0.6 is 0 Å². The van der Waals surface area contributed by atoms with E-state index >= 15 is 0 Å². The van der Waals surface area contributed by atoms with E-state index in [2.05, 4.69) is 28.3 Å². The number of amides is 1. The molecule has 3 aromatic carbocycles. The molecule has 0 bridgehead atoms. The molecule has 0 aromatic heterocycles. The number of Topliss-reactive ketones (excluding diaryl/α,β-unsaturated/α-hetero) is 1. The molecule has 1 amide bonds. The highest BCUT2D eigenvalue weighted by Crippen LogP contribution is 2.15. The molecular weight excluding hydrogens is 552 g/mol. The molecule has 220 valence electrons. The van der Waals surface area contributed by atoms with Gasteiger partial charge in [0.25, 0.3) is 0 Å². The average molecular weight is 588 g/mol. The molecule has 0 spiro atoms. The van der Waals surface area contributed by atoms with E-state index in [9.17, 15) is 31.9 Å². The lowest BCUT2D eigenvalue weighted by Gasteiger charge is -2.25. The highest BCUT2D eigenvalue weighted by Gasteiger charge is 2.23. The van der Waals surface area contributed by atoms with Gasteiger partial charge in [-0.05, 0) is 65.9 Å². The summed E-state index contributed by atoms with van der Waals surface area (Å²) in [5, 5.41) is 16.8. The number of aryl methyl sites for hydroxylation is 1. The van der Waals surface area contributed by atoms with Gasteiger partial charge >= 0.3 is 0 Å².